The minimum absolute atomic E-state index is 0.00986. The minimum atomic E-state index is 0.00986. The van der Waals surface area contributed by atoms with Crippen molar-refractivity contribution in [2.24, 2.45) is 0 Å². The molecule has 180 valence electrons. The zero-order valence-corrected chi connectivity index (χ0v) is 21.1. The van der Waals surface area contributed by atoms with Crippen LogP contribution in [0.5, 0.6) is 5.75 Å². The van der Waals surface area contributed by atoms with Crippen molar-refractivity contribution in [3.05, 3.63) is 77.9 Å². The van der Waals surface area contributed by atoms with Crippen molar-refractivity contribution in [3.63, 3.8) is 0 Å². The average Bonchev–Trinajstić information content (AvgIpc) is 2.88. The molecule has 4 aromatic rings. The molecule has 0 aliphatic carbocycles. The van der Waals surface area contributed by atoms with Gasteiger partial charge in [0.15, 0.2) is 11.6 Å². The molecule has 35 heavy (non-hydrogen) atoms. The highest BCUT2D eigenvalue weighted by molar-refractivity contribution is 8.00. The number of nitrogens with one attached hydrogen (secondary N) is 2. The second kappa shape index (κ2) is 11.1. The molecule has 0 aliphatic heterocycles. The summed E-state index contributed by atoms with van der Waals surface area (Å²) in [6.45, 7) is 4.80. The highest BCUT2D eigenvalue weighted by Gasteiger charge is 2.14. The van der Waals surface area contributed by atoms with Gasteiger partial charge in [0.05, 0.1) is 18.1 Å². The molecule has 8 heteroatoms. The minimum Gasteiger partial charge on any atom is -0.497 e. The van der Waals surface area contributed by atoms with Gasteiger partial charge in [-0.15, -0.1) is 0 Å². The number of carbonyl (C=O) groups is 1. The number of aryl methyl sites for hydroxylation is 1. The molecule has 2 N–H and O–H groups in total. The number of carbonyl (C=O) groups excluding carboxylic acids is 1. The van der Waals surface area contributed by atoms with Gasteiger partial charge in [-0.1, -0.05) is 31.2 Å². The van der Waals surface area contributed by atoms with Gasteiger partial charge >= 0.3 is 0 Å². The summed E-state index contributed by atoms with van der Waals surface area (Å²) in [6, 6.07) is 21.2. The van der Waals surface area contributed by atoms with E-state index in [2.05, 4.69) is 17.0 Å². The number of para-hydroxylation sites is 2. The zero-order chi connectivity index (χ0) is 24.8. The van der Waals surface area contributed by atoms with E-state index in [-0.39, 0.29) is 5.91 Å². The van der Waals surface area contributed by atoms with E-state index in [9.17, 15) is 4.79 Å². The summed E-state index contributed by atoms with van der Waals surface area (Å²) >= 11 is 1.39. The lowest BCUT2D eigenvalue weighted by atomic mass is 10.2. The fourth-order valence-corrected chi connectivity index (χ4v) is 4.30. The molecule has 1 aromatic heterocycles. The molecular formula is C27H29N5O2S. The van der Waals surface area contributed by atoms with Crippen LogP contribution in [0.4, 0.5) is 17.3 Å². The first-order valence-electron chi connectivity index (χ1n) is 11.5. The predicted molar refractivity (Wildman–Crippen MR) is 144 cm³/mol. The first kappa shape index (κ1) is 24.3. The number of hydrogen-bond acceptors (Lipinski definition) is 7. The van der Waals surface area contributed by atoms with Gasteiger partial charge in [0.25, 0.3) is 5.91 Å². The number of amides is 1. The van der Waals surface area contributed by atoms with Crippen LogP contribution in [0.3, 0.4) is 0 Å². The number of anilines is 3. The topological polar surface area (TPSA) is 79.4 Å². The fourth-order valence-electron chi connectivity index (χ4n) is 3.61. The highest BCUT2D eigenvalue weighted by Crippen LogP contribution is 2.31. The molecule has 0 spiro atoms. The number of hydrogen-bond donors (Lipinski definition) is 2. The van der Waals surface area contributed by atoms with E-state index in [1.807, 2.05) is 80.7 Å². The summed E-state index contributed by atoms with van der Waals surface area (Å²) in [5, 5.41) is 3.41. The third-order valence-corrected chi connectivity index (χ3v) is 6.31. The monoisotopic (exact) mass is 487 g/mol. The van der Waals surface area contributed by atoms with E-state index in [1.165, 1.54) is 11.9 Å². The van der Waals surface area contributed by atoms with Crippen LogP contribution in [0.1, 0.15) is 29.3 Å². The number of methoxy groups -OCH3 is 1. The first-order chi connectivity index (χ1) is 17.0. The molecule has 1 heterocycles. The number of fused-ring (bicyclic) bond motifs is 1. The average molecular weight is 488 g/mol. The smallest absolute Gasteiger partial charge is 0.253 e. The lowest BCUT2D eigenvalue weighted by Crippen LogP contribution is -2.27. The Morgan fingerprint density at radius 2 is 1.74 bits per heavy atom. The number of rotatable bonds is 9. The molecule has 0 fully saturated rings. The normalized spacial score (nSPS) is 10.7. The van der Waals surface area contributed by atoms with Crippen LogP contribution < -0.4 is 14.8 Å². The first-order valence-corrected chi connectivity index (χ1v) is 12.3. The van der Waals surface area contributed by atoms with Crippen molar-refractivity contribution >= 4 is 46.2 Å². The fraction of sp³-hybridized carbons (Fsp3) is 0.222. The number of ether oxygens (including phenoxy) is 1. The van der Waals surface area contributed by atoms with Crippen LogP contribution in [0.15, 0.2) is 71.6 Å². The number of nitrogens with zero attached hydrogens (tertiary/aromatic N) is 3. The van der Waals surface area contributed by atoms with Gasteiger partial charge in [0.1, 0.15) is 5.75 Å². The Bertz CT molecular complexity index is 1340. The molecule has 0 radical (unpaired) electrons. The zero-order valence-electron chi connectivity index (χ0n) is 20.3. The van der Waals surface area contributed by atoms with Crippen LogP contribution in [-0.4, -0.2) is 41.5 Å². The van der Waals surface area contributed by atoms with Crippen molar-refractivity contribution < 1.29 is 9.53 Å². The Balaban J connectivity index is 1.62. The maximum absolute atomic E-state index is 12.7. The Morgan fingerprint density at radius 1 is 1.00 bits per heavy atom. The van der Waals surface area contributed by atoms with Crippen molar-refractivity contribution in [1.29, 1.82) is 0 Å². The lowest BCUT2D eigenvalue weighted by molar-refractivity contribution is 0.0795. The molecule has 3 aromatic carbocycles. The van der Waals surface area contributed by atoms with E-state index >= 15 is 0 Å². The number of aromatic nitrogens is 2. The molecule has 0 atom stereocenters. The van der Waals surface area contributed by atoms with E-state index in [0.717, 1.165) is 45.9 Å². The molecular weight excluding hydrogens is 458 g/mol. The second-order valence-electron chi connectivity index (χ2n) is 8.17. The quantitative estimate of drug-likeness (QED) is 0.269. The Labute approximate surface area is 210 Å². The highest BCUT2D eigenvalue weighted by atomic mass is 32.2. The van der Waals surface area contributed by atoms with E-state index < -0.39 is 0 Å². The largest absolute Gasteiger partial charge is 0.497 e. The van der Waals surface area contributed by atoms with E-state index in [4.69, 9.17) is 14.7 Å². The van der Waals surface area contributed by atoms with Crippen LogP contribution in [-0.2, 0) is 0 Å². The summed E-state index contributed by atoms with van der Waals surface area (Å²) in [7, 11) is 3.47. The van der Waals surface area contributed by atoms with E-state index in [1.54, 1.807) is 12.0 Å². The van der Waals surface area contributed by atoms with Crippen LogP contribution >= 0.6 is 11.9 Å². The van der Waals surface area contributed by atoms with Crippen molar-refractivity contribution in [2.75, 3.05) is 30.7 Å². The van der Waals surface area contributed by atoms with Gasteiger partial charge in [0.2, 0.25) is 0 Å². The Hall–Kier alpha value is -3.78. The molecule has 0 saturated heterocycles. The maximum Gasteiger partial charge on any atom is 0.253 e. The van der Waals surface area contributed by atoms with Gasteiger partial charge in [-0.05, 0) is 67.3 Å². The predicted octanol–water partition coefficient (Wildman–Crippen LogP) is 6.29. The molecule has 4 rings (SSSR count). The van der Waals surface area contributed by atoms with Crippen LogP contribution in [0.2, 0.25) is 0 Å². The van der Waals surface area contributed by atoms with Crippen molar-refractivity contribution in [1.82, 2.24) is 14.9 Å². The van der Waals surface area contributed by atoms with Crippen LogP contribution in [0.25, 0.3) is 11.0 Å². The summed E-state index contributed by atoms with van der Waals surface area (Å²) in [4.78, 5) is 25.0. The lowest BCUT2D eigenvalue weighted by Gasteiger charge is -2.17. The van der Waals surface area contributed by atoms with Crippen molar-refractivity contribution in [3.8, 4) is 5.75 Å². The van der Waals surface area contributed by atoms with Gasteiger partial charge < -0.3 is 19.7 Å². The van der Waals surface area contributed by atoms with Crippen LogP contribution in [0, 0.1) is 6.92 Å². The van der Waals surface area contributed by atoms with Gasteiger partial charge in [-0.25, -0.2) is 9.97 Å². The maximum atomic E-state index is 12.7. The molecule has 0 unspecified atom stereocenters. The third-order valence-electron chi connectivity index (χ3n) is 5.52. The van der Waals surface area contributed by atoms with E-state index in [0.29, 0.717) is 17.2 Å². The molecule has 1 amide bonds. The summed E-state index contributed by atoms with van der Waals surface area (Å²) in [5.74, 6) is 1.96. The summed E-state index contributed by atoms with van der Waals surface area (Å²) in [6.07, 6.45) is 0.918. The second-order valence-corrected chi connectivity index (χ2v) is 9.05. The van der Waals surface area contributed by atoms with Gasteiger partial charge in [-0.3, -0.25) is 4.79 Å². The summed E-state index contributed by atoms with van der Waals surface area (Å²) in [5.41, 5.74) is 4.17. The standard InChI is InChI=1S/C27H29N5O2S/c1-5-15-32(3)27(33)19-9-8-10-21(16-19)35-31-26-25(28-22-11-6-7-12-23(22)29-26)30-24-17-20(34-4)14-13-18(24)2/h6-14,16-17H,5,15H2,1-4H3,(H,28,30)(H,29,31). The Morgan fingerprint density at radius 3 is 2.46 bits per heavy atom. The van der Waals surface area contributed by atoms with Crippen molar-refractivity contribution in [2.45, 2.75) is 25.2 Å². The molecule has 7 nitrogen and oxygen atoms in total. The van der Waals surface area contributed by atoms with Gasteiger partial charge in [0, 0.05) is 35.8 Å². The SMILES string of the molecule is CCCN(C)C(=O)c1cccc(SNc2nc3ccccc3nc2Nc2cc(OC)ccc2C)c1. The third kappa shape index (κ3) is 5.84. The molecule has 0 saturated carbocycles. The van der Waals surface area contributed by atoms with Gasteiger partial charge in [-0.2, -0.15) is 0 Å². The molecule has 0 bridgehead atoms. The Kier molecular flexibility index (Phi) is 7.72. The molecule has 0 aliphatic rings. The number of benzene rings is 3. The summed E-state index contributed by atoms with van der Waals surface area (Å²) < 4.78 is 8.72.